The van der Waals surface area contributed by atoms with E-state index in [9.17, 15) is 4.79 Å². The second-order valence-corrected chi connectivity index (χ2v) is 1.73. The number of rotatable bonds is 3. The van der Waals surface area contributed by atoms with E-state index >= 15 is 0 Å². The van der Waals surface area contributed by atoms with E-state index in [1.165, 1.54) is 20.4 Å². The van der Waals surface area contributed by atoms with Crippen molar-refractivity contribution in [3.63, 3.8) is 0 Å². The van der Waals surface area contributed by atoms with Crippen LogP contribution in [0.2, 0.25) is 0 Å². The van der Waals surface area contributed by atoms with Crippen molar-refractivity contribution in [1.29, 1.82) is 0 Å². The van der Waals surface area contributed by atoms with Crippen molar-refractivity contribution in [3.8, 4) is 0 Å². The molecule has 0 saturated heterocycles. The molecular formula is C6H13N3O2. The Balaban J connectivity index is 0. The summed E-state index contributed by atoms with van der Waals surface area (Å²) in [6.45, 7) is 0. The molecule has 11 heavy (non-hydrogen) atoms. The zero-order valence-electron chi connectivity index (χ0n) is 6.50. The van der Waals surface area contributed by atoms with Gasteiger partial charge in [0.15, 0.2) is 5.88 Å². The molecule has 0 aromatic heterocycles. The summed E-state index contributed by atoms with van der Waals surface area (Å²) >= 11 is 0. The summed E-state index contributed by atoms with van der Waals surface area (Å²) < 4.78 is 4.59. The number of ether oxygens (including phenoxy) is 1. The largest absolute Gasteiger partial charge is 0.482 e. The number of amides is 1. The number of nitrogens with zero attached hydrogens (tertiary/aromatic N) is 1. The Kier molecular flexibility index (Phi) is 3.72. The fourth-order valence-electron chi connectivity index (χ4n) is 0.488. The molecule has 0 atom stereocenters. The molecule has 4 N–H and O–H groups in total. The average Bonchev–Trinajstić information content (AvgIpc) is 1.98. The molecule has 0 radical (unpaired) electrons. The van der Waals surface area contributed by atoms with Crippen molar-refractivity contribution >= 4 is 12.1 Å². The Morgan fingerprint density at radius 3 is 2.45 bits per heavy atom. The molecule has 0 aliphatic rings. The van der Waals surface area contributed by atoms with Gasteiger partial charge in [0.2, 0.25) is 0 Å². The van der Waals surface area contributed by atoms with E-state index in [-0.39, 0.29) is 12.9 Å². The molecule has 0 bridgehead atoms. The number of aliphatic imine (C=N–C) groups is 1. The Labute approximate surface area is 66.2 Å². The van der Waals surface area contributed by atoms with Crippen LogP contribution in [0.1, 0.15) is 1.43 Å². The standard InChI is InChI=1S/C6H11N3O2.H2/c1-9-3-4(5(7)10)6(8)11-2;/h3H,8H2,1-2H3,(H2,7,10);1H/b6-4-,9-3?;. The molecule has 0 aliphatic carbocycles. The number of carbonyl (C=O) groups is 1. The van der Waals surface area contributed by atoms with Crippen LogP contribution in [0.5, 0.6) is 0 Å². The second-order valence-electron chi connectivity index (χ2n) is 1.73. The molecule has 0 aliphatic heterocycles. The molecule has 1 amide bonds. The lowest BCUT2D eigenvalue weighted by Gasteiger charge is -2.01. The van der Waals surface area contributed by atoms with Crippen molar-refractivity contribution < 1.29 is 11.0 Å². The van der Waals surface area contributed by atoms with E-state index in [0.717, 1.165) is 0 Å². The van der Waals surface area contributed by atoms with Crippen molar-refractivity contribution in [2.75, 3.05) is 14.2 Å². The normalized spacial score (nSPS) is 12.9. The van der Waals surface area contributed by atoms with Crippen molar-refractivity contribution in [2.24, 2.45) is 16.5 Å². The quantitative estimate of drug-likeness (QED) is 0.322. The third kappa shape index (κ3) is 2.70. The summed E-state index contributed by atoms with van der Waals surface area (Å²) in [6, 6.07) is 0. The molecule has 0 unspecified atom stereocenters. The molecule has 0 aromatic carbocycles. The predicted molar refractivity (Wildman–Crippen MR) is 43.9 cm³/mol. The van der Waals surface area contributed by atoms with Crippen LogP contribution in [0.25, 0.3) is 0 Å². The zero-order valence-corrected chi connectivity index (χ0v) is 6.50. The molecule has 0 fully saturated rings. The van der Waals surface area contributed by atoms with Crippen LogP contribution in [0.3, 0.4) is 0 Å². The maximum Gasteiger partial charge on any atom is 0.255 e. The van der Waals surface area contributed by atoms with Crippen LogP contribution in [-0.4, -0.2) is 26.3 Å². The SMILES string of the molecule is CN=C/C(C(N)=O)=C(\N)OC.[HH]. The molecule has 0 rings (SSSR count). The average molecular weight is 159 g/mol. The number of hydrogen-bond acceptors (Lipinski definition) is 4. The van der Waals surface area contributed by atoms with Gasteiger partial charge in [0.1, 0.15) is 5.57 Å². The number of nitrogens with two attached hydrogens (primary N) is 2. The van der Waals surface area contributed by atoms with Crippen LogP contribution in [-0.2, 0) is 9.53 Å². The number of hydrogen-bond donors (Lipinski definition) is 2. The molecule has 5 nitrogen and oxygen atoms in total. The van der Waals surface area contributed by atoms with Gasteiger partial charge < -0.3 is 16.2 Å². The summed E-state index contributed by atoms with van der Waals surface area (Å²) in [6.07, 6.45) is 1.25. The van der Waals surface area contributed by atoms with E-state index in [2.05, 4.69) is 9.73 Å². The molecule has 5 heteroatoms. The number of carbonyl (C=O) groups excluding carboxylic acids is 1. The minimum atomic E-state index is -0.657. The lowest BCUT2D eigenvalue weighted by atomic mass is 10.3. The highest BCUT2D eigenvalue weighted by Crippen LogP contribution is 1.94. The Morgan fingerprint density at radius 1 is 1.64 bits per heavy atom. The van der Waals surface area contributed by atoms with Crippen LogP contribution >= 0.6 is 0 Å². The van der Waals surface area contributed by atoms with Gasteiger partial charge in [0.05, 0.1) is 7.11 Å². The van der Waals surface area contributed by atoms with Gasteiger partial charge in [-0.1, -0.05) is 0 Å². The van der Waals surface area contributed by atoms with E-state index in [0.29, 0.717) is 0 Å². The topological polar surface area (TPSA) is 90.7 Å². The second kappa shape index (κ2) is 4.32. The molecule has 0 spiro atoms. The van der Waals surface area contributed by atoms with Crippen LogP contribution in [0.4, 0.5) is 0 Å². The Morgan fingerprint density at radius 2 is 2.18 bits per heavy atom. The molecule has 0 aromatic rings. The van der Waals surface area contributed by atoms with E-state index in [1.54, 1.807) is 0 Å². The Hall–Kier alpha value is -1.52. The van der Waals surface area contributed by atoms with Gasteiger partial charge in [-0.3, -0.25) is 9.79 Å². The highest BCUT2D eigenvalue weighted by molar-refractivity contribution is 6.11. The highest BCUT2D eigenvalue weighted by atomic mass is 16.5. The Bertz CT molecular complexity index is 213. The van der Waals surface area contributed by atoms with Gasteiger partial charge in [-0.25, -0.2) is 0 Å². The summed E-state index contributed by atoms with van der Waals surface area (Å²) in [5.41, 5.74) is 10.3. The lowest BCUT2D eigenvalue weighted by molar-refractivity contribution is -0.114. The molecular weight excluding hydrogens is 146 g/mol. The van der Waals surface area contributed by atoms with Crippen molar-refractivity contribution in [1.82, 2.24) is 0 Å². The van der Waals surface area contributed by atoms with Crippen molar-refractivity contribution in [3.05, 3.63) is 11.5 Å². The van der Waals surface area contributed by atoms with E-state index in [4.69, 9.17) is 11.5 Å². The van der Waals surface area contributed by atoms with E-state index < -0.39 is 5.91 Å². The first-order chi connectivity index (χ1) is 5.13. The third-order valence-corrected chi connectivity index (χ3v) is 1.01. The van der Waals surface area contributed by atoms with Gasteiger partial charge in [-0.15, -0.1) is 0 Å². The van der Waals surface area contributed by atoms with Crippen LogP contribution in [0, 0.1) is 0 Å². The van der Waals surface area contributed by atoms with Crippen molar-refractivity contribution in [2.45, 2.75) is 0 Å². The van der Waals surface area contributed by atoms with Gasteiger partial charge in [-0.05, 0) is 0 Å². The smallest absolute Gasteiger partial charge is 0.255 e. The maximum atomic E-state index is 10.6. The van der Waals surface area contributed by atoms with Crippen LogP contribution in [0.15, 0.2) is 16.4 Å². The first-order valence-corrected chi connectivity index (χ1v) is 2.89. The fourth-order valence-corrected chi connectivity index (χ4v) is 0.488. The van der Waals surface area contributed by atoms with E-state index in [1.807, 2.05) is 0 Å². The first-order valence-electron chi connectivity index (χ1n) is 2.89. The number of methoxy groups -OCH3 is 1. The summed E-state index contributed by atoms with van der Waals surface area (Å²) in [4.78, 5) is 14.2. The lowest BCUT2D eigenvalue weighted by Crippen LogP contribution is -2.20. The fraction of sp³-hybridized carbons (Fsp3) is 0.333. The molecule has 64 valence electrons. The van der Waals surface area contributed by atoms with Gasteiger partial charge in [-0.2, -0.15) is 0 Å². The third-order valence-electron chi connectivity index (χ3n) is 1.01. The predicted octanol–water partition coefficient (Wildman–Crippen LogP) is -0.765. The maximum absolute atomic E-state index is 10.6. The van der Waals surface area contributed by atoms with Gasteiger partial charge >= 0.3 is 0 Å². The number of primary amides is 1. The zero-order chi connectivity index (χ0) is 8.85. The summed E-state index contributed by atoms with van der Waals surface area (Å²) in [7, 11) is 2.85. The van der Waals surface area contributed by atoms with Crippen LogP contribution < -0.4 is 11.5 Å². The molecule has 0 saturated carbocycles. The molecule has 0 heterocycles. The highest BCUT2D eigenvalue weighted by Gasteiger charge is 2.06. The monoisotopic (exact) mass is 159 g/mol. The van der Waals surface area contributed by atoms with Gasteiger partial charge in [0.25, 0.3) is 5.91 Å². The minimum Gasteiger partial charge on any atom is -0.482 e. The summed E-state index contributed by atoms with van der Waals surface area (Å²) in [5, 5.41) is 0. The van der Waals surface area contributed by atoms with Gasteiger partial charge in [0, 0.05) is 14.7 Å². The minimum absolute atomic E-state index is 0. The summed E-state index contributed by atoms with van der Waals surface area (Å²) in [5.74, 6) is -0.682. The first kappa shape index (κ1) is 9.48.